The van der Waals surface area contributed by atoms with E-state index in [1.807, 2.05) is 58.9 Å². The molecule has 0 unspecified atom stereocenters. The molecule has 3 N–H and O–H groups in total. The van der Waals surface area contributed by atoms with Crippen molar-refractivity contribution in [2.24, 2.45) is 18.4 Å². The van der Waals surface area contributed by atoms with Crippen LogP contribution in [0.3, 0.4) is 0 Å². The van der Waals surface area contributed by atoms with E-state index in [2.05, 4.69) is 22.5 Å². The van der Waals surface area contributed by atoms with Crippen molar-refractivity contribution < 1.29 is 29.5 Å². The molecule has 1 aromatic heterocycles. The monoisotopic (exact) mass is 589 g/mol. The summed E-state index contributed by atoms with van der Waals surface area (Å²) in [6.07, 6.45) is 7.63. The number of phenols is 1. The van der Waals surface area contributed by atoms with Crippen LogP contribution in [0.2, 0.25) is 0 Å². The molecule has 2 aromatic carbocycles. The van der Waals surface area contributed by atoms with Crippen LogP contribution in [0, 0.1) is 11.3 Å². The third kappa shape index (κ3) is 6.15. The van der Waals surface area contributed by atoms with E-state index >= 15 is 0 Å². The van der Waals surface area contributed by atoms with Crippen LogP contribution in [0.4, 0.5) is 0 Å². The Morgan fingerprint density at radius 2 is 1.79 bits per heavy atom. The molecule has 0 bridgehead atoms. The average molecular weight is 590 g/mol. The number of nitrogens with zero attached hydrogens (tertiary/aromatic N) is 3. The lowest BCUT2D eigenvalue weighted by Gasteiger charge is -2.56. The predicted octanol–water partition coefficient (Wildman–Crippen LogP) is 5.25. The fourth-order valence-electron chi connectivity index (χ4n) is 6.60. The average Bonchev–Trinajstić information content (AvgIpc) is 3.37. The van der Waals surface area contributed by atoms with Gasteiger partial charge < -0.3 is 29.5 Å². The summed E-state index contributed by atoms with van der Waals surface area (Å²) in [4.78, 5) is 0. The number of benzene rings is 2. The van der Waals surface area contributed by atoms with Gasteiger partial charge in [-0.2, -0.15) is 0 Å². The molecule has 2 heterocycles. The molecule has 3 aromatic rings. The van der Waals surface area contributed by atoms with Gasteiger partial charge in [-0.05, 0) is 74.6 Å². The number of phenolic OH excluding ortho intramolecular Hbond substituents is 1. The number of fused-ring (bicyclic) bond motifs is 2. The second-order valence-corrected chi connectivity index (χ2v) is 12.9. The minimum atomic E-state index is -0.856. The quantitative estimate of drug-likeness (QED) is 0.241. The first-order valence-corrected chi connectivity index (χ1v) is 14.7. The van der Waals surface area contributed by atoms with E-state index in [4.69, 9.17) is 14.2 Å². The highest BCUT2D eigenvalue weighted by molar-refractivity contribution is 5.74. The number of aliphatic hydroxyl groups excluding tert-OH is 2. The summed E-state index contributed by atoms with van der Waals surface area (Å²) in [5, 5.41) is 40.5. The molecule has 1 aliphatic carbocycles. The van der Waals surface area contributed by atoms with Gasteiger partial charge in [0.15, 0.2) is 11.5 Å². The summed E-state index contributed by atoms with van der Waals surface area (Å²) < 4.78 is 20.1. The Morgan fingerprint density at radius 1 is 1.09 bits per heavy atom. The number of hydrogen-bond donors (Lipinski definition) is 3. The molecule has 1 fully saturated rings. The van der Waals surface area contributed by atoms with E-state index in [9.17, 15) is 15.3 Å². The van der Waals surface area contributed by atoms with Crippen LogP contribution in [-0.4, -0.2) is 55.2 Å². The highest BCUT2D eigenvalue weighted by Gasteiger charge is 2.58. The molecule has 0 radical (unpaired) electrons. The Morgan fingerprint density at radius 3 is 2.44 bits per heavy atom. The van der Waals surface area contributed by atoms with E-state index in [1.165, 1.54) is 0 Å². The summed E-state index contributed by atoms with van der Waals surface area (Å²) >= 11 is 0. The van der Waals surface area contributed by atoms with Gasteiger partial charge in [-0.25, -0.2) is 0 Å². The molecule has 0 saturated heterocycles. The molecule has 0 spiro atoms. The van der Waals surface area contributed by atoms with Crippen LogP contribution >= 0.6 is 0 Å². The molecule has 1 aliphatic heterocycles. The minimum Gasteiger partial charge on any atom is -0.507 e. The van der Waals surface area contributed by atoms with Crippen molar-refractivity contribution in [2.75, 3.05) is 7.11 Å². The van der Waals surface area contributed by atoms with E-state index in [0.29, 0.717) is 47.8 Å². The van der Waals surface area contributed by atoms with Gasteiger partial charge in [-0.1, -0.05) is 42.9 Å². The van der Waals surface area contributed by atoms with Gasteiger partial charge in [-0.3, -0.25) is 4.68 Å². The Bertz CT molecular complexity index is 1550. The van der Waals surface area contributed by atoms with Crippen molar-refractivity contribution >= 4 is 12.2 Å². The van der Waals surface area contributed by atoms with E-state index in [-0.39, 0.29) is 18.3 Å². The van der Waals surface area contributed by atoms with Crippen molar-refractivity contribution in [1.82, 2.24) is 15.0 Å². The first-order chi connectivity index (χ1) is 20.3. The highest BCUT2D eigenvalue weighted by atomic mass is 16.5. The lowest BCUT2D eigenvalue weighted by Crippen LogP contribution is -2.63. The molecule has 9 heteroatoms. The summed E-state index contributed by atoms with van der Waals surface area (Å²) in [7, 11) is 3.42. The molecular formula is C34H43N3O6. The topological polar surface area (TPSA) is 119 Å². The summed E-state index contributed by atoms with van der Waals surface area (Å²) in [5.41, 5.74) is 4.05. The number of aryl methyl sites for hydroxylation is 1. The molecule has 2 aliphatic rings. The fourth-order valence-corrected chi connectivity index (χ4v) is 6.60. The SMILES string of the molecule is COc1cc(/C=C/c2cc(O)c(CC=C(C)C)c(OCc3cn(C)nn3)c2)cc2c1O[C@]1(C)C[C@@H](O)[C@@H](O)C(C)(C)[C@H]1C2. The normalized spacial score (nSPS) is 24.2. The number of ether oxygens (including phenoxy) is 3. The molecule has 1 saturated carbocycles. The first-order valence-electron chi connectivity index (χ1n) is 14.7. The smallest absolute Gasteiger partial charge is 0.165 e. The van der Waals surface area contributed by atoms with Gasteiger partial charge >= 0.3 is 0 Å². The fraction of sp³-hybridized carbons (Fsp3) is 0.471. The zero-order valence-electron chi connectivity index (χ0n) is 26.1. The Kier molecular flexibility index (Phi) is 8.33. The number of aromatic hydroxyl groups is 1. The van der Waals surface area contributed by atoms with Gasteiger partial charge in [0.2, 0.25) is 0 Å². The van der Waals surface area contributed by atoms with Gasteiger partial charge in [0.1, 0.15) is 29.4 Å². The third-order valence-electron chi connectivity index (χ3n) is 8.93. The van der Waals surface area contributed by atoms with Crippen molar-refractivity contribution in [3.05, 3.63) is 70.1 Å². The van der Waals surface area contributed by atoms with Gasteiger partial charge in [-0.15, -0.1) is 5.10 Å². The number of aliphatic hydroxyl groups is 2. The zero-order chi connectivity index (χ0) is 31.1. The maximum atomic E-state index is 11.0. The Balaban J connectivity index is 1.46. The standard InChI is InChI=1S/C34H43N3O6/c1-20(2)8-11-25-26(38)13-22(14-28(25)42-19-24-18-37(6)36-35-24)10-9-21-12-23-16-30-33(3,4)32(40)27(39)17-34(30,5)43-31(23)29(15-21)41-7/h8-10,12-15,18,27,30,32,38-40H,11,16-17,19H2,1-7H3/b10-9+/t27-,30-,32-,34-/m1/s1. The first kappa shape index (κ1) is 30.6. The maximum Gasteiger partial charge on any atom is 0.165 e. The summed E-state index contributed by atoms with van der Waals surface area (Å²) in [5.74, 6) is 2.03. The van der Waals surface area contributed by atoms with Gasteiger partial charge in [0.05, 0.1) is 25.5 Å². The third-order valence-corrected chi connectivity index (χ3v) is 8.93. The number of allylic oxidation sites excluding steroid dienone is 2. The van der Waals surface area contributed by atoms with Crippen LogP contribution in [0.1, 0.15) is 69.0 Å². The molecular weight excluding hydrogens is 546 g/mol. The van der Waals surface area contributed by atoms with Gasteiger partial charge in [0, 0.05) is 30.4 Å². The molecule has 9 nitrogen and oxygen atoms in total. The van der Waals surface area contributed by atoms with Crippen molar-refractivity contribution in [1.29, 1.82) is 0 Å². The maximum absolute atomic E-state index is 11.0. The zero-order valence-corrected chi connectivity index (χ0v) is 26.1. The van der Waals surface area contributed by atoms with E-state index < -0.39 is 23.2 Å². The van der Waals surface area contributed by atoms with Crippen molar-refractivity contribution in [2.45, 2.75) is 78.3 Å². The number of aromatic nitrogens is 3. The van der Waals surface area contributed by atoms with E-state index in [1.54, 1.807) is 31.1 Å². The lowest BCUT2D eigenvalue weighted by atomic mass is 9.57. The number of hydrogen-bond acceptors (Lipinski definition) is 8. The van der Waals surface area contributed by atoms with E-state index in [0.717, 1.165) is 22.3 Å². The second kappa shape index (κ2) is 11.7. The lowest BCUT2D eigenvalue weighted by molar-refractivity contribution is -0.187. The molecule has 5 rings (SSSR count). The van der Waals surface area contributed by atoms with Crippen LogP contribution in [0.15, 0.2) is 42.1 Å². The number of rotatable bonds is 8. The number of methoxy groups -OCH3 is 1. The highest BCUT2D eigenvalue weighted by Crippen LogP contribution is 2.55. The van der Waals surface area contributed by atoms with Crippen LogP contribution < -0.4 is 14.2 Å². The molecule has 230 valence electrons. The minimum absolute atomic E-state index is 0.00542. The molecule has 43 heavy (non-hydrogen) atoms. The van der Waals surface area contributed by atoms with Crippen molar-refractivity contribution in [3.63, 3.8) is 0 Å². The molecule has 4 atom stereocenters. The summed E-state index contributed by atoms with van der Waals surface area (Å²) in [6, 6.07) is 7.66. The Hall–Kier alpha value is -3.82. The van der Waals surface area contributed by atoms with Crippen LogP contribution in [0.25, 0.3) is 12.2 Å². The summed E-state index contributed by atoms with van der Waals surface area (Å²) in [6.45, 7) is 10.3. The van der Waals surface area contributed by atoms with Gasteiger partial charge in [0.25, 0.3) is 0 Å². The van der Waals surface area contributed by atoms with Crippen LogP contribution in [0.5, 0.6) is 23.0 Å². The second-order valence-electron chi connectivity index (χ2n) is 12.9. The molecule has 0 amide bonds. The van der Waals surface area contributed by atoms with Crippen LogP contribution in [-0.2, 0) is 26.5 Å². The largest absolute Gasteiger partial charge is 0.507 e. The van der Waals surface area contributed by atoms with Crippen molar-refractivity contribution in [3.8, 4) is 23.0 Å². The Labute approximate surface area is 253 Å². The predicted molar refractivity (Wildman–Crippen MR) is 165 cm³/mol.